The molecule has 2 rings (SSSR count). The van der Waals surface area contributed by atoms with Crippen molar-refractivity contribution in [1.29, 1.82) is 0 Å². The summed E-state index contributed by atoms with van der Waals surface area (Å²) in [5.74, 6) is -0.454. The minimum atomic E-state index is -0.609. The summed E-state index contributed by atoms with van der Waals surface area (Å²) in [6.07, 6.45) is 7.53. The molecule has 0 atom stereocenters. The number of anilines is 1. The van der Waals surface area contributed by atoms with Crippen LogP contribution in [0.2, 0.25) is 0 Å². The second kappa shape index (κ2) is 7.46. The lowest BCUT2D eigenvalue weighted by molar-refractivity contribution is 0.0584. The van der Waals surface area contributed by atoms with Crippen LogP contribution in [0.3, 0.4) is 0 Å². The first-order chi connectivity index (χ1) is 11.7. The summed E-state index contributed by atoms with van der Waals surface area (Å²) in [7, 11) is 0. The Kier molecular flexibility index (Phi) is 5.56. The lowest BCUT2D eigenvalue weighted by atomic mass is 10.2. The van der Waals surface area contributed by atoms with Gasteiger partial charge in [-0.25, -0.2) is 13.9 Å². The summed E-state index contributed by atoms with van der Waals surface area (Å²) in [5, 5.41) is 4.37. The number of hydrogen-bond acceptors (Lipinski definition) is 4. The van der Waals surface area contributed by atoms with Crippen LogP contribution >= 0.6 is 0 Å². The van der Waals surface area contributed by atoms with E-state index in [2.05, 4.69) is 10.1 Å². The monoisotopic (exact) mass is 346 g/mol. The number of carbonyl (C=O) groups excluding carboxylic acids is 1. The normalized spacial score (nSPS) is 11.8. The molecule has 7 heteroatoms. The van der Waals surface area contributed by atoms with Crippen LogP contribution in [-0.2, 0) is 4.74 Å². The van der Waals surface area contributed by atoms with Gasteiger partial charge in [0, 0.05) is 12.6 Å². The second-order valence-electron chi connectivity index (χ2n) is 6.57. The highest BCUT2D eigenvalue weighted by Gasteiger charge is 2.25. The molecule has 2 aromatic heterocycles. The molecular formula is C18H23FN4O2. The molecule has 6 nitrogen and oxygen atoms in total. The zero-order chi connectivity index (χ0) is 18.6. The first kappa shape index (κ1) is 18.6. The van der Waals surface area contributed by atoms with E-state index in [0.717, 1.165) is 6.20 Å². The molecule has 0 aromatic carbocycles. The second-order valence-corrected chi connectivity index (χ2v) is 6.57. The molecule has 0 bridgehead atoms. The van der Waals surface area contributed by atoms with Crippen molar-refractivity contribution in [3.8, 4) is 5.69 Å². The largest absolute Gasteiger partial charge is 0.443 e. The number of hydrogen-bond donors (Lipinski definition) is 0. The predicted octanol–water partition coefficient (Wildman–Crippen LogP) is 4.03. The molecular weight excluding hydrogens is 323 g/mol. The number of carbonyl (C=O) groups is 1. The zero-order valence-corrected chi connectivity index (χ0v) is 15.2. The van der Waals surface area contributed by atoms with E-state index in [-0.39, 0.29) is 0 Å². The van der Waals surface area contributed by atoms with Gasteiger partial charge in [-0.2, -0.15) is 5.10 Å². The van der Waals surface area contributed by atoms with Crippen LogP contribution in [0.1, 0.15) is 33.4 Å². The predicted molar refractivity (Wildman–Crippen MR) is 94.4 cm³/mol. The maximum atomic E-state index is 13.4. The molecule has 134 valence electrons. The number of nitrogens with zero attached hydrogens (tertiary/aromatic N) is 4. The molecule has 0 saturated heterocycles. The molecule has 0 saturated carbocycles. The molecule has 0 unspecified atom stereocenters. The van der Waals surface area contributed by atoms with Gasteiger partial charge in [0.25, 0.3) is 0 Å². The average molecular weight is 346 g/mol. The van der Waals surface area contributed by atoms with Crippen molar-refractivity contribution >= 4 is 11.8 Å². The summed E-state index contributed by atoms with van der Waals surface area (Å²) in [5.41, 5.74) is 1.09. The lowest BCUT2D eigenvalue weighted by Crippen LogP contribution is -2.37. The fraction of sp³-hybridized carbons (Fsp3) is 0.389. The standard InChI is InChI=1S/C18H23FN4O2/c1-6-7-8-22(17(24)25-18(3,4)5)16-12-23(21-13(16)2)15-9-14(19)10-20-11-15/h6-7,9-12H,8H2,1-5H3/b7-6+. The molecule has 25 heavy (non-hydrogen) atoms. The smallest absolute Gasteiger partial charge is 0.415 e. The summed E-state index contributed by atoms with van der Waals surface area (Å²) in [4.78, 5) is 17.9. The van der Waals surface area contributed by atoms with Gasteiger partial charge in [-0.1, -0.05) is 12.2 Å². The molecule has 0 N–H and O–H groups in total. The third-order valence-corrected chi connectivity index (χ3v) is 3.26. The van der Waals surface area contributed by atoms with E-state index in [1.165, 1.54) is 21.8 Å². The summed E-state index contributed by atoms with van der Waals surface area (Å²) < 4.78 is 20.4. The van der Waals surface area contributed by atoms with Crippen molar-refractivity contribution in [2.24, 2.45) is 0 Å². The van der Waals surface area contributed by atoms with E-state index >= 15 is 0 Å². The molecule has 0 radical (unpaired) electrons. The third-order valence-electron chi connectivity index (χ3n) is 3.26. The number of ether oxygens (including phenoxy) is 1. The Bertz CT molecular complexity index is 778. The summed E-state index contributed by atoms with van der Waals surface area (Å²) in [6.45, 7) is 9.45. The van der Waals surface area contributed by atoms with Crippen LogP contribution in [0.25, 0.3) is 5.69 Å². The van der Waals surface area contributed by atoms with E-state index < -0.39 is 17.5 Å². The molecule has 0 fully saturated rings. The Labute approximate surface area is 146 Å². The number of amides is 1. The molecule has 0 spiro atoms. The minimum absolute atomic E-state index is 0.347. The number of pyridine rings is 1. The van der Waals surface area contributed by atoms with E-state index in [0.29, 0.717) is 23.6 Å². The summed E-state index contributed by atoms with van der Waals surface area (Å²) in [6, 6.07) is 1.33. The first-order valence-electron chi connectivity index (χ1n) is 8.00. The Morgan fingerprint density at radius 1 is 1.40 bits per heavy atom. The van der Waals surface area contributed by atoms with E-state index in [4.69, 9.17) is 4.74 Å². The molecule has 2 heterocycles. The SMILES string of the molecule is C/C=C/CN(C(=O)OC(C)(C)C)c1cn(-c2cncc(F)c2)nc1C. The molecule has 0 aliphatic carbocycles. The van der Waals surface area contributed by atoms with Crippen molar-refractivity contribution < 1.29 is 13.9 Å². The Morgan fingerprint density at radius 2 is 2.12 bits per heavy atom. The summed E-state index contributed by atoms with van der Waals surface area (Å²) >= 11 is 0. The molecule has 0 aliphatic rings. The van der Waals surface area contributed by atoms with Gasteiger partial charge in [-0.15, -0.1) is 0 Å². The molecule has 1 amide bonds. The van der Waals surface area contributed by atoms with E-state index in [1.807, 2.05) is 39.8 Å². The fourth-order valence-electron chi connectivity index (χ4n) is 2.17. The van der Waals surface area contributed by atoms with Crippen LogP contribution in [0.5, 0.6) is 0 Å². The maximum Gasteiger partial charge on any atom is 0.415 e. The van der Waals surface area contributed by atoms with Crippen LogP contribution in [0.15, 0.2) is 36.8 Å². The van der Waals surface area contributed by atoms with Gasteiger partial charge < -0.3 is 4.74 Å². The van der Waals surface area contributed by atoms with Crippen molar-refractivity contribution in [3.63, 3.8) is 0 Å². The number of halogens is 1. The van der Waals surface area contributed by atoms with Gasteiger partial charge in [-0.3, -0.25) is 9.88 Å². The third kappa shape index (κ3) is 4.89. The highest BCUT2D eigenvalue weighted by Crippen LogP contribution is 2.23. The highest BCUT2D eigenvalue weighted by molar-refractivity contribution is 5.88. The van der Waals surface area contributed by atoms with Crippen molar-refractivity contribution in [2.75, 3.05) is 11.4 Å². The van der Waals surface area contributed by atoms with Gasteiger partial charge in [0.05, 0.1) is 35.7 Å². The lowest BCUT2D eigenvalue weighted by Gasteiger charge is -2.26. The van der Waals surface area contributed by atoms with Crippen LogP contribution in [-0.4, -0.2) is 33.0 Å². The van der Waals surface area contributed by atoms with Crippen LogP contribution in [0.4, 0.5) is 14.9 Å². The highest BCUT2D eigenvalue weighted by atomic mass is 19.1. The average Bonchev–Trinajstić information content (AvgIpc) is 2.88. The van der Waals surface area contributed by atoms with Gasteiger partial charge in [0.1, 0.15) is 11.4 Å². The quantitative estimate of drug-likeness (QED) is 0.784. The van der Waals surface area contributed by atoms with Crippen LogP contribution in [0, 0.1) is 12.7 Å². The van der Waals surface area contributed by atoms with Crippen molar-refractivity contribution in [3.05, 3.63) is 48.3 Å². The van der Waals surface area contributed by atoms with Gasteiger partial charge in [0.15, 0.2) is 0 Å². The number of aromatic nitrogens is 3. The molecule has 2 aromatic rings. The topological polar surface area (TPSA) is 60.2 Å². The minimum Gasteiger partial charge on any atom is -0.443 e. The van der Waals surface area contributed by atoms with Gasteiger partial charge in [0.2, 0.25) is 0 Å². The van der Waals surface area contributed by atoms with Gasteiger partial charge in [-0.05, 0) is 34.6 Å². The van der Waals surface area contributed by atoms with Gasteiger partial charge >= 0.3 is 6.09 Å². The van der Waals surface area contributed by atoms with Crippen molar-refractivity contribution in [1.82, 2.24) is 14.8 Å². The molecule has 0 aliphatic heterocycles. The Hall–Kier alpha value is -2.70. The first-order valence-corrected chi connectivity index (χ1v) is 8.00. The Morgan fingerprint density at radius 3 is 2.72 bits per heavy atom. The van der Waals surface area contributed by atoms with E-state index in [9.17, 15) is 9.18 Å². The zero-order valence-electron chi connectivity index (χ0n) is 15.2. The van der Waals surface area contributed by atoms with E-state index in [1.54, 1.807) is 13.1 Å². The Balaban J connectivity index is 2.39. The van der Waals surface area contributed by atoms with Crippen molar-refractivity contribution in [2.45, 2.75) is 40.2 Å². The number of aryl methyl sites for hydroxylation is 1. The number of allylic oxidation sites excluding steroid dienone is 1. The van der Waals surface area contributed by atoms with Crippen LogP contribution < -0.4 is 4.90 Å². The fourth-order valence-corrected chi connectivity index (χ4v) is 2.17. The number of rotatable bonds is 4. The maximum absolute atomic E-state index is 13.4.